The lowest BCUT2D eigenvalue weighted by atomic mass is 9.98. The van der Waals surface area contributed by atoms with Crippen molar-refractivity contribution < 1.29 is 9.53 Å². The fourth-order valence-corrected chi connectivity index (χ4v) is 2.98. The maximum Gasteiger partial charge on any atom is 0.194 e. The fourth-order valence-electron chi connectivity index (χ4n) is 1.84. The Kier molecular flexibility index (Phi) is 3.88. The van der Waals surface area contributed by atoms with Crippen LogP contribution in [-0.2, 0) is 0 Å². The number of methoxy groups -OCH3 is 1. The number of rotatable bonds is 3. The molecule has 0 saturated carbocycles. The number of halogens is 1. The molecule has 0 aliphatic carbocycles. The molecule has 2 rings (SSSR count). The molecule has 0 saturated heterocycles. The third-order valence-corrected chi connectivity index (χ3v) is 4.32. The summed E-state index contributed by atoms with van der Waals surface area (Å²) in [5.74, 6) is 0.871. The predicted octanol–water partition coefficient (Wildman–Crippen LogP) is 4.37. The molecule has 0 N–H and O–H groups in total. The Labute approximate surface area is 119 Å². The molecule has 0 amide bonds. The van der Waals surface area contributed by atoms with Gasteiger partial charge in [-0.15, -0.1) is 11.3 Å². The van der Waals surface area contributed by atoms with Crippen LogP contribution in [0.5, 0.6) is 5.75 Å². The van der Waals surface area contributed by atoms with Gasteiger partial charge in [0.25, 0.3) is 0 Å². The fraction of sp³-hybridized carbons (Fsp3) is 0.214. The van der Waals surface area contributed by atoms with Crippen LogP contribution in [0.3, 0.4) is 0 Å². The summed E-state index contributed by atoms with van der Waals surface area (Å²) >= 11 is 4.89. The van der Waals surface area contributed by atoms with Crippen LogP contribution in [0.4, 0.5) is 0 Å². The topological polar surface area (TPSA) is 26.3 Å². The summed E-state index contributed by atoms with van der Waals surface area (Å²) < 4.78 is 6.22. The van der Waals surface area contributed by atoms with Gasteiger partial charge in [0.1, 0.15) is 5.75 Å². The van der Waals surface area contributed by atoms with Crippen LogP contribution >= 0.6 is 27.3 Å². The first kappa shape index (κ1) is 13.3. The van der Waals surface area contributed by atoms with Gasteiger partial charge in [0.2, 0.25) is 0 Å². The molecule has 0 radical (unpaired) electrons. The summed E-state index contributed by atoms with van der Waals surface area (Å²) in [6.07, 6.45) is 0. The monoisotopic (exact) mass is 324 g/mol. The third kappa shape index (κ3) is 2.49. The van der Waals surface area contributed by atoms with E-state index in [-0.39, 0.29) is 5.78 Å². The Balaban J connectivity index is 2.45. The van der Waals surface area contributed by atoms with Crippen molar-refractivity contribution >= 4 is 33.0 Å². The predicted molar refractivity (Wildman–Crippen MR) is 77.9 cm³/mol. The average molecular weight is 325 g/mol. The van der Waals surface area contributed by atoms with E-state index < -0.39 is 0 Å². The molecule has 0 bridgehead atoms. The van der Waals surface area contributed by atoms with Gasteiger partial charge in [0.15, 0.2) is 5.78 Å². The number of hydrogen-bond acceptors (Lipinski definition) is 3. The van der Waals surface area contributed by atoms with Gasteiger partial charge < -0.3 is 4.74 Å². The standard InChI is InChI=1S/C14H13BrO2S/c1-8-5-12(17-3)9(2)4-11(8)14(16)10-6-13(15)18-7-10/h4-7H,1-3H3. The highest BCUT2D eigenvalue weighted by Gasteiger charge is 2.15. The molecule has 1 aromatic carbocycles. The van der Waals surface area contributed by atoms with Gasteiger partial charge in [0, 0.05) is 16.5 Å². The van der Waals surface area contributed by atoms with Gasteiger partial charge >= 0.3 is 0 Å². The quantitative estimate of drug-likeness (QED) is 0.784. The van der Waals surface area contributed by atoms with Crippen molar-refractivity contribution in [3.8, 4) is 5.75 Å². The molecule has 18 heavy (non-hydrogen) atoms. The lowest BCUT2D eigenvalue weighted by Crippen LogP contribution is -2.04. The Morgan fingerprint density at radius 3 is 2.50 bits per heavy atom. The summed E-state index contributed by atoms with van der Waals surface area (Å²) in [5.41, 5.74) is 3.36. The summed E-state index contributed by atoms with van der Waals surface area (Å²) in [6.45, 7) is 3.87. The maximum atomic E-state index is 12.4. The van der Waals surface area contributed by atoms with Crippen LogP contribution in [0.15, 0.2) is 27.4 Å². The van der Waals surface area contributed by atoms with Crippen molar-refractivity contribution in [3.05, 3.63) is 49.6 Å². The zero-order valence-electron chi connectivity index (χ0n) is 10.4. The summed E-state index contributed by atoms with van der Waals surface area (Å²) in [7, 11) is 1.64. The number of hydrogen-bond donors (Lipinski definition) is 0. The van der Waals surface area contributed by atoms with E-state index in [0.29, 0.717) is 0 Å². The first-order valence-corrected chi connectivity index (χ1v) is 7.14. The van der Waals surface area contributed by atoms with Gasteiger partial charge in [-0.2, -0.15) is 0 Å². The number of benzene rings is 1. The zero-order chi connectivity index (χ0) is 13.3. The van der Waals surface area contributed by atoms with Gasteiger partial charge in [-0.3, -0.25) is 4.79 Å². The van der Waals surface area contributed by atoms with Crippen LogP contribution in [-0.4, -0.2) is 12.9 Å². The number of ketones is 1. The molecule has 1 heterocycles. The normalized spacial score (nSPS) is 10.4. The minimum Gasteiger partial charge on any atom is -0.496 e. The Hall–Kier alpha value is -1.13. The molecular formula is C14H13BrO2S. The lowest BCUT2D eigenvalue weighted by Gasteiger charge is -2.10. The number of ether oxygens (including phenoxy) is 1. The van der Waals surface area contributed by atoms with E-state index in [1.807, 2.05) is 37.4 Å². The van der Waals surface area contributed by atoms with E-state index in [4.69, 9.17) is 4.74 Å². The van der Waals surface area contributed by atoms with Crippen LogP contribution in [0.2, 0.25) is 0 Å². The largest absolute Gasteiger partial charge is 0.496 e. The van der Waals surface area contributed by atoms with E-state index in [1.165, 1.54) is 11.3 Å². The van der Waals surface area contributed by atoms with Gasteiger partial charge in [-0.1, -0.05) is 0 Å². The molecule has 4 heteroatoms. The molecule has 1 aromatic heterocycles. The van der Waals surface area contributed by atoms with Crippen LogP contribution in [0.25, 0.3) is 0 Å². The highest BCUT2D eigenvalue weighted by molar-refractivity contribution is 9.11. The van der Waals surface area contributed by atoms with Crippen LogP contribution in [0.1, 0.15) is 27.0 Å². The Morgan fingerprint density at radius 1 is 1.22 bits per heavy atom. The molecule has 2 nitrogen and oxygen atoms in total. The maximum absolute atomic E-state index is 12.4. The summed E-state index contributed by atoms with van der Waals surface area (Å²) in [5, 5.41) is 1.87. The van der Waals surface area contributed by atoms with Crippen molar-refractivity contribution in [2.75, 3.05) is 7.11 Å². The van der Waals surface area contributed by atoms with E-state index in [0.717, 1.165) is 31.8 Å². The second-order valence-electron chi connectivity index (χ2n) is 4.11. The first-order valence-electron chi connectivity index (χ1n) is 5.47. The third-order valence-electron chi connectivity index (χ3n) is 2.82. The minimum atomic E-state index is 0.0557. The molecule has 0 aliphatic heterocycles. The van der Waals surface area contributed by atoms with E-state index in [2.05, 4.69) is 15.9 Å². The van der Waals surface area contributed by atoms with Crippen molar-refractivity contribution in [1.29, 1.82) is 0 Å². The van der Waals surface area contributed by atoms with Crippen LogP contribution in [0, 0.1) is 13.8 Å². The second-order valence-corrected chi connectivity index (χ2v) is 6.40. The van der Waals surface area contributed by atoms with Crippen LogP contribution < -0.4 is 4.74 Å². The number of carbonyl (C=O) groups is 1. The smallest absolute Gasteiger partial charge is 0.194 e. The highest BCUT2D eigenvalue weighted by atomic mass is 79.9. The molecule has 0 spiro atoms. The van der Waals surface area contributed by atoms with Crippen molar-refractivity contribution in [3.63, 3.8) is 0 Å². The van der Waals surface area contributed by atoms with Gasteiger partial charge in [-0.25, -0.2) is 0 Å². The molecule has 2 aromatic rings. The van der Waals surface area contributed by atoms with Crippen molar-refractivity contribution in [2.45, 2.75) is 13.8 Å². The number of thiophene rings is 1. The van der Waals surface area contributed by atoms with E-state index in [9.17, 15) is 4.79 Å². The number of aryl methyl sites for hydroxylation is 2. The number of carbonyl (C=O) groups excluding carboxylic acids is 1. The lowest BCUT2D eigenvalue weighted by molar-refractivity contribution is 0.103. The molecule has 0 atom stereocenters. The van der Waals surface area contributed by atoms with E-state index >= 15 is 0 Å². The molecular weight excluding hydrogens is 312 g/mol. The molecule has 0 aliphatic rings. The van der Waals surface area contributed by atoms with Gasteiger partial charge in [-0.05, 0) is 59.1 Å². The minimum absolute atomic E-state index is 0.0557. The highest BCUT2D eigenvalue weighted by Crippen LogP contribution is 2.27. The first-order chi connectivity index (χ1) is 8.52. The molecule has 0 unspecified atom stereocenters. The molecule has 94 valence electrons. The molecule has 0 fully saturated rings. The van der Waals surface area contributed by atoms with Crippen molar-refractivity contribution in [1.82, 2.24) is 0 Å². The van der Waals surface area contributed by atoms with Crippen molar-refractivity contribution in [2.24, 2.45) is 0 Å². The Bertz CT molecular complexity index is 602. The summed E-state index contributed by atoms with van der Waals surface area (Å²) in [4.78, 5) is 12.4. The van der Waals surface area contributed by atoms with E-state index in [1.54, 1.807) is 7.11 Å². The SMILES string of the molecule is COc1cc(C)c(C(=O)c2csc(Br)c2)cc1C. The average Bonchev–Trinajstić information content (AvgIpc) is 2.77. The zero-order valence-corrected chi connectivity index (χ0v) is 12.8. The Morgan fingerprint density at radius 2 is 1.94 bits per heavy atom. The summed E-state index contributed by atoms with van der Waals surface area (Å²) in [6, 6.07) is 5.65. The second kappa shape index (κ2) is 5.24. The van der Waals surface area contributed by atoms with Gasteiger partial charge in [0.05, 0.1) is 10.9 Å².